The van der Waals surface area contributed by atoms with Crippen LogP contribution in [0, 0.1) is 5.92 Å². The Kier molecular flexibility index (Phi) is 5.86. The molecule has 1 heterocycles. The van der Waals surface area contributed by atoms with Crippen LogP contribution in [0.4, 0.5) is 5.69 Å². The molecule has 1 fully saturated rings. The fraction of sp³-hybridized carbons (Fsp3) is 0.647. The van der Waals surface area contributed by atoms with E-state index in [1.807, 2.05) is 0 Å². The molecule has 112 valence electrons. The monoisotopic (exact) mass is 276 g/mol. The van der Waals surface area contributed by atoms with Crippen molar-refractivity contribution < 1.29 is 4.74 Å². The molecule has 0 spiro atoms. The lowest BCUT2D eigenvalue weighted by Crippen LogP contribution is -2.42. The maximum Gasteiger partial charge on any atom is 0.0748 e. The predicted molar refractivity (Wildman–Crippen MR) is 85.2 cm³/mol. The van der Waals surface area contributed by atoms with E-state index in [2.05, 4.69) is 55.3 Å². The predicted octanol–water partition coefficient (Wildman–Crippen LogP) is 3.05. The number of ether oxygens (including phenoxy) is 1. The van der Waals surface area contributed by atoms with Gasteiger partial charge in [-0.1, -0.05) is 32.9 Å². The molecule has 1 N–H and O–H groups in total. The molecule has 1 aromatic rings. The van der Waals surface area contributed by atoms with Gasteiger partial charge in [0.25, 0.3) is 0 Å². The van der Waals surface area contributed by atoms with Gasteiger partial charge in [-0.3, -0.25) is 0 Å². The van der Waals surface area contributed by atoms with Crippen molar-refractivity contribution in [3.05, 3.63) is 29.8 Å². The first-order valence-corrected chi connectivity index (χ1v) is 7.85. The first-order valence-electron chi connectivity index (χ1n) is 7.85. The van der Waals surface area contributed by atoms with E-state index in [4.69, 9.17) is 4.74 Å². The zero-order valence-corrected chi connectivity index (χ0v) is 13.1. The SMILES string of the molecule is CCC1CN(c2ccc(CNCC(C)C)cc2)CCO1. The summed E-state index contributed by atoms with van der Waals surface area (Å²) in [6, 6.07) is 8.95. The molecular formula is C17H28N2O. The van der Waals surface area contributed by atoms with Crippen molar-refractivity contribution in [1.82, 2.24) is 5.32 Å². The largest absolute Gasteiger partial charge is 0.375 e. The van der Waals surface area contributed by atoms with Crippen molar-refractivity contribution in [3.8, 4) is 0 Å². The number of hydrogen-bond donors (Lipinski definition) is 1. The molecule has 1 aliphatic heterocycles. The quantitative estimate of drug-likeness (QED) is 0.864. The number of rotatable bonds is 6. The van der Waals surface area contributed by atoms with Crippen LogP contribution < -0.4 is 10.2 Å². The van der Waals surface area contributed by atoms with E-state index in [-0.39, 0.29) is 0 Å². The highest BCUT2D eigenvalue weighted by Gasteiger charge is 2.18. The van der Waals surface area contributed by atoms with Crippen LogP contribution in [-0.2, 0) is 11.3 Å². The van der Waals surface area contributed by atoms with Crippen LogP contribution in [0.25, 0.3) is 0 Å². The number of nitrogens with one attached hydrogen (secondary N) is 1. The van der Waals surface area contributed by atoms with E-state index in [0.717, 1.165) is 39.2 Å². The van der Waals surface area contributed by atoms with E-state index in [9.17, 15) is 0 Å². The second kappa shape index (κ2) is 7.65. The molecule has 0 saturated carbocycles. The minimum absolute atomic E-state index is 0.385. The fourth-order valence-corrected chi connectivity index (χ4v) is 2.53. The fourth-order valence-electron chi connectivity index (χ4n) is 2.53. The average molecular weight is 276 g/mol. The van der Waals surface area contributed by atoms with Crippen molar-refractivity contribution in [2.75, 3.05) is 31.1 Å². The molecule has 3 heteroatoms. The summed E-state index contributed by atoms with van der Waals surface area (Å²) in [7, 11) is 0. The second-order valence-corrected chi connectivity index (χ2v) is 6.04. The van der Waals surface area contributed by atoms with Gasteiger partial charge in [0.15, 0.2) is 0 Å². The Balaban J connectivity index is 1.87. The van der Waals surface area contributed by atoms with Crippen molar-refractivity contribution in [1.29, 1.82) is 0 Å². The lowest BCUT2D eigenvalue weighted by molar-refractivity contribution is 0.0384. The summed E-state index contributed by atoms with van der Waals surface area (Å²) >= 11 is 0. The molecule has 0 amide bonds. The normalized spacial score (nSPS) is 19.6. The third-order valence-corrected chi connectivity index (χ3v) is 3.78. The molecule has 0 radical (unpaired) electrons. The van der Waals surface area contributed by atoms with Gasteiger partial charge in [0.2, 0.25) is 0 Å². The minimum atomic E-state index is 0.385. The molecular weight excluding hydrogens is 248 g/mol. The van der Waals surface area contributed by atoms with E-state index >= 15 is 0 Å². The van der Waals surface area contributed by atoms with Gasteiger partial charge in [-0.05, 0) is 36.6 Å². The van der Waals surface area contributed by atoms with E-state index in [1.54, 1.807) is 0 Å². The number of hydrogen-bond acceptors (Lipinski definition) is 3. The van der Waals surface area contributed by atoms with E-state index in [1.165, 1.54) is 11.3 Å². The smallest absolute Gasteiger partial charge is 0.0748 e. The lowest BCUT2D eigenvalue weighted by atomic mass is 10.1. The molecule has 0 aromatic heterocycles. The summed E-state index contributed by atoms with van der Waals surface area (Å²) < 4.78 is 5.73. The molecule has 1 atom stereocenters. The van der Waals surface area contributed by atoms with Gasteiger partial charge < -0.3 is 15.0 Å². The summed E-state index contributed by atoms with van der Waals surface area (Å²) in [6.45, 7) is 11.6. The molecule has 1 aromatic carbocycles. The minimum Gasteiger partial charge on any atom is -0.375 e. The number of morpholine rings is 1. The Bertz CT molecular complexity index is 388. The van der Waals surface area contributed by atoms with E-state index < -0.39 is 0 Å². The number of benzene rings is 1. The summed E-state index contributed by atoms with van der Waals surface area (Å²) in [4.78, 5) is 2.43. The van der Waals surface area contributed by atoms with Gasteiger partial charge >= 0.3 is 0 Å². The Morgan fingerprint density at radius 1 is 1.30 bits per heavy atom. The van der Waals surface area contributed by atoms with Crippen LogP contribution in [-0.4, -0.2) is 32.3 Å². The van der Waals surface area contributed by atoms with Gasteiger partial charge in [-0.2, -0.15) is 0 Å². The Labute approximate surface area is 123 Å². The zero-order valence-electron chi connectivity index (χ0n) is 13.1. The van der Waals surface area contributed by atoms with E-state index in [0.29, 0.717) is 12.0 Å². The molecule has 0 aliphatic carbocycles. The highest BCUT2D eigenvalue weighted by molar-refractivity contribution is 5.48. The van der Waals surface area contributed by atoms with Gasteiger partial charge in [-0.25, -0.2) is 0 Å². The van der Waals surface area contributed by atoms with Gasteiger partial charge in [-0.15, -0.1) is 0 Å². The Morgan fingerprint density at radius 3 is 2.70 bits per heavy atom. The maximum absolute atomic E-state index is 5.73. The number of nitrogens with zero attached hydrogens (tertiary/aromatic N) is 1. The number of anilines is 1. The van der Waals surface area contributed by atoms with Gasteiger partial charge in [0.1, 0.15) is 0 Å². The summed E-state index contributed by atoms with van der Waals surface area (Å²) in [5.41, 5.74) is 2.68. The first-order chi connectivity index (χ1) is 9.69. The highest BCUT2D eigenvalue weighted by Crippen LogP contribution is 2.19. The van der Waals surface area contributed by atoms with Crippen molar-refractivity contribution in [2.24, 2.45) is 5.92 Å². The van der Waals surface area contributed by atoms with Crippen LogP contribution in [0.1, 0.15) is 32.8 Å². The third kappa shape index (κ3) is 4.50. The Hall–Kier alpha value is -1.06. The molecule has 20 heavy (non-hydrogen) atoms. The maximum atomic E-state index is 5.73. The molecule has 0 bridgehead atoms. The summed E-state index contributed by atoms with van der Waals surface area (Å²) in [5.74, 6) is 0.702. The van der Waals surface area contributed by atoms with Crippen molar-refractivity contribution in [3.63, 3.8) is 0 Å². The second-order valence-electron chi connectivity index (χ2n) is 6.04. The molecule has 2 rings (SSSR count). The third-order valence-electron chi connectivity index (χ3n) is 3.78. The Morgan fingerprint density at radius 2 is 2.05 bits per heavy atom. The van der Waals surface area contributed by atoms with Crippen LogP contribution in [0.3, 0.4) is 0 Å². The van der Waals surface area contributed by atoms with Crippen LogP contribution >= 0.6 is 0 Å². The summed E-state index contributed by atoms with van der Waals surface area (Å²) in [6.07, 6.45) is 1.48. The van der Waals surface area contributed by atoms with Gasteiger partial charge in [0, 0.05) is 25.3 Å². The zero-order chi connectivity index (χ0) is 14.4. The van der Waals surface area contributed by atoms with Crippen LogP contribution in [0.15, 0.2) is 24.3 Å². The lowest BCUT2D eigenvalue weighted by Gasteiger charge is -2.34. The van der Waals surface area contributed by atoms with Crippen molar-refractivity contribution in [2.45, 2.75) is 39.8 Å². The van der Waals surface area contributed by atoms with Crippen molar-refractivity contribution >= 4 is 5.69 Å². The van der Waals surface area contributed by atoms with Gasteiger partial charge in [0.05, 0.1) is 12.7 Å². The highest BCUT2D eigenvalue weighted by atomic mass is 16.5. The molecule has 3 nitrogen and oxygen atoms in total. The molecule has 1 aliphatic rings. The topological polar surface area (TPSA) is 24.5 Å². The molecule has 1 saturated heterocycles. The van der Waals surface area contributed by atoms with Crippen LogP contribution in [0.5, 0.6) is 0 Å². The summed E-state index contributed by atoms with van der Waals surface area (Å²) in [5, 5.41) is 3.48. The first kappa shape index (κ1) is 15.3. The average Bonchev–Trinajstić information content (AvgIpc) is 2.48. The standard InChI is InChI=1S/C17H28N2O/c1-4-17-13-19(9-10-20-17)16-7-5-15(6-8-16)12-18-11-14(2)3/h5-8,14,17-18H,4,9-13H2,1-3H3. The molecule has 1 unspecified atom stereocenters. The van der Waals surface area contributed by atoms with Crippen LogP contribution in [0.2, 0.25) is 0 Å².